The van der Waals surface area contributed by atoms with E-state index in [1.165, 1.54) is 44.3 Å². The molecule has 4 rings (SSSR count). The molecule has 0 bridgehead atoms. The highest BCUT2D eigenvalue weighted by Crippen LogP contribution is 2.49. The van der Waals surface area contributed by atoms with Gasteiger partial charge in [0.15, 0.2) is 9.84 Å². The molecule has 3 aromatic rings. The number of nitrogens with one attached hydrogen (secondary N) is 1. The lowest BCUT2D eigenvalue weighted by molar-refractivity contribution is 0.0963. The van der Waals surface area contributed by atoms with Crippen LogP contribution in [0.4, 0.5) is 15.8 Å². The van der Waals surface area contributed by atoms with Gasteiger partial charge in [0, 0.05) is 35.8 Å². The average Bonchev–Trinajstić information content (AvgIpc) is 3.69. The van der Waals surface area contributed by atoms with Gasteiger partial charge in [0.2, 0.25) is 10.0 Å². The number of carbonyl (C=O) groups excluding carboxylic acids is 1. The van der Waals surface area contributed by atoms with Crippen molar-refractivity contribution in [2.24, 2.45) is 0 Å². The number of benzene rings is 2. The smallest absolute Gasteiger partial charge is 0.455 e. The first-order valence-corrected chi connectivity index (χ1v) is 16.5. The number of furan rings is 1. The van der Waals surface area contributed by atoms with E-state index in [1.807, 2.05) is 0 Å². The van der Waals surface area contributed by atoms with Crippen molar-refractivity contribution in [1.82, 2.24) is 5.32 Å². The molecule has 1 aliphatic rings. The third-order valence-corrected chi connectivity index (χ3v) is 9.00. The minimum absolute atomic E-state index is 0.0515. The number of amides is 1. The Balaban J connectivity index is 2.02. The predicted octanol–water partition coefficient (Wildman–Crippen LogP) is 3.29. The first kappa shape index (κ1) is 31.2. The molecule has 10 nitrogen and oxygen atoms in total. The van der Waals surface area contributed by atoms with E-state index in [0.29, 0.717) is 10.9 Å². The average molecular weight is 616 g/mol. The van der Waals surface area contributed by atoms with Crippen LogP contribution in [-0.2, 0) is 19.9 Å². The molecule has 42 heavy (non-hydrogen) atoms. The maximum absolute atomic E-state index is 13.8. The first-order chi connectivity index (χ1) is 19.6. The number of allylic oxidation sites excluding steroid dienone is 5. The molecule has 0 spiro atoms. The van der Waals surface area contributed by atoms with Crippen LogP contribution in [-0.4, -0.2) is 59.5 Å². The fourth-order valence-corrected chi connectivity index (χ4v) is 6.62. The minimum atomic E-state index is -4.11. The zero-order chi connectivity index (χ0) is 31.1. The van der Waals surface area contributed by atoms with Gasteiger partial charge in [-0.05, 0) is 61.6 Å². The van der Waals surface area contributed by atoms with Crippen LogP contribution in [0, 0.1) is 0 Å². The van der Waals surface area contributed by atoms with Gasteiger partial charge in [-0.2, -0.15) is 0 Å². The van der Waals surface area contributed by atoms with Crippen LogP contribution in [0.15, 0.2) is 70.3 Å². The molecular weight excluding hydrogens is 586 g/mol. The second kappa shape index (κ2) is 11.5. The van der Waals surface area contributed by atoms with Crippen LogP contribution >= 0.6 is 0 Å². The maximum atomic E-state index is 13.8. The summed E-state index contributed by atoms with van der Waals surface area (Å²) >= 11 is 0. The summed E-state index contributed by atoms with van der Waals surface area (Å²) in [6, 6.07) is 6.61. The molecule has 0 atom stereocenters. The van der Waals surface area contributed by atoms with Crippen LogP contribution in [0.25, 0.3) is 16.5 Å². The van der Waals surface area contributed by atoms with Gasteiger partial charge in [0.05, 0.1) is 28.1 Å². The van der Waals surface area contributed by atoms with Crippen molar-refractivity contribution < 1.29 is 40.5 Å². The molecule has 1 amide bonds. The monoisotopic (exact) mass is 616 g/mol. The van der Waals surface area contributed by atoms with Crippen LogP contribution < -0.4 is 15.1 Å². The van der Waals surface area contributed by atoms with Gasteiger partial charge >= 0.3 is 7.12 Å². The fourth-order valence-electron chi connectivity index (χ4n) is 4.67. The Morgan fingerprint density at radius 2 is 1.81 bits per heavy atom. The van der Waals surface area contributed by atoms with E-state index in [-0.39, 0.29) is 45.2 Å². The van der Waals surface area contributed by atoms with Crippen molar-refractivity contribution in [2.75, 3.05) is 23.9 Å². The van der Waals surface area contributed by atoms with Gasteiger partial charge in [-0.3, -0.25) is 4.79 Å². The molecule has 1 saturated carbocycles. The highest BCUT2D eigenvalue weighted by Gasteiger charge is 2.34. The Bertz CT molecular complexity index is 1870. The van der Waals surface area contributed by atoms with E-state index in [9.17, 15) is 36.1 Å². The topological polar surface area (TPSA) is 154 Å². The molecule has 0 aliphatic heterocycles. The molecule has 2 aromatic carbocycles. The third kappa shape index (κ3) is 6.21. The molecule has 14 heteroatoms. The van der Waals surface area contributed by atoms with E-state index in [2.05, 4.69) is 11.9 Å². The van der Waals surface area contributed by atoms with E-state index in [4.69, 9.17) is 4.42 Å². The van der Waals surface area contributed by atoms with E-state index < -0.39 is 43.6 Å². The van der Waals surface area contributed by atoms with Gasteiger partial charge in [-0.25, -0.2) is 25.5 Å². The molecule has 1 fully saturated rings. The molecule has 3 N–H and O–H groups in total. The minimum Gasteiger partial charge on any atom is -0.455 e. The number of hydrogen-bond acceptors (Lipinski definition) is 8. The quantitative estimate of drug-likeness (QED) is 0.232. The summed E-state index contributed by atoms with van der Waals surface area (Å²) in [5, 5.41) is 22.4. The Hall–Kier alpha value is -3.72. The molecule has 1 heterocycles. The second-order valence-electron chi connectivity index (χ2n) is 9.99. The molecule has 0 saturated heterocycles. The summed E-state index contributed by atoms with van der Waals surface area (Å²) in [5.41, 5.74) is 0.877. The number of sulfone groups is 1. The van der Waals surface area contributed by atoms with Crippen molar-refractivity contribution in [3.8, 4) is 0 Å². The molecular formula is C28H30BFN2O8S2. The van der Waals surface area contributed by atoms with E-state index in [1.54, 1.807) is 6.07 Å². The van der Waals surface area contributed by atoms with Crippen molar-refractivity contribution in [3.63, 3.8) is 0 Å². The number of fused-ring (bicyclic) bond motifs is 1. The number of halogens is 1. The normalized spacial score (nSPS) is 14.4. The number of hydrogen-bond donors (Lipinski definition) is 3. The summed E-state index contributed by atoms with van der Waals surface area (Å²) in [7, 11) is -8.78. The number of sulfonamides is 1. The Morgan fingerprint density at radius 3 is 2.33 bits per heavy atom. The number of rotatable bonds is 10. The van der Waals surface area contributed by atoms with Crippen LogP contribution in [0.2, 0.25) is 0 Å². The molecule has 1 aromatic heterocycles. The van der Waals surface area contributed by atoms with Gasteiger partial charge in [0.1, 0.15) is 17.2 Å². The fraction of sp³-hybridized carbons (Fsp3) is 0.250. The van der Waals surface area contributed by atoms with Gasteiger partial charge in [-0.15, -0.1) is 0 Å². The summed E-state index contributed by atoms with van der Waals surface area (Å²) < 4.78 is 72.3. The SMILES string of the molecule is C=C(/C=C\C(F)=C/C)c1oc2cc(N(c3ccc(B(O)O)c(S(C)(=O)=O)c3)S(C)(=O)=O)c(C3CC3)cc2c1C(=O)NC. The molecule has 0 unspecified atom stereocenters. The maximum Gasteiger partial charge on any atom is 0.489 e. The molecule has 1 aliphatic carbocycles. The number of anilines is 2. The van der Waals surface area contributed by atoms with Crippen molar-refractivity contribution in [2.45, 2.75) is 30.6 Å². The molecule has 222 valence electrons. The first-order valence-electron chi connectivity index (χ1n) is 12.8. The number of nitrogens with zero attached hydrogens (tertiary/aromatic N) is 1. The Labute approximate surface area is 244 Å². The highest BCUT2D eigenvalue weighted by atomic mass is 32.2. The van der Waals surface area contributed by atoms with Crippen molar-refractivity contribution in [3.05, 3.63) is 77.9 Å². The summed E-state index contributed by atoms with van der Waals surface area (Å²) in [6.07, 6.45) is 7.10. The molecule has 0 radical (unpaired) electrons. The van der Waals surface area contributed by atoms with Gasteiger partial charge in [-0.1, -0.05) is 18.7 Å². The van der Waals surface area contributed by atoms with Gasteiger partial charge in [0.25, 0.3) is 5.91 Å². The second-order valence-corrected chi connectivity index (χ2v) is 13.8. The van der Waals surface area contributed by atoms with E-state index >= 15 is 0 Å². The van der Waals surface area contributed by atoms with Crippen LogP contribution in [0.5, 0.6) is 0 Å². The van der Waals surface area contributed by atoms with Crippen LogP contribution in [0.3, 0.4) is 0 Å². The zero-order valence-corrected chi connectivity index (χ0v) is 25.0. The van der Waals surface area contributed by atoms with Crippen molar-refractivity contribution in [1.29, 1.82) is 0 Å². The lowest BCUT2D eigenvalue weighted by Gasteiger charge is -2.26. The van der Waals surface area contributed by atoms with Crippen molar-refractivity contribution >= 4 is 66.3 Å². The predicted molar refractivity (Wildman–Crippen MR) is 161 cm³/mol. The Kier molecular flexibility index (Phi) is 8.56. The largest absolute Gasteiger partial charge is 0.489 e. The van der Waals surface area contributed by atoms with Gasteiger partial charge < -0.3 is 19.8 Å². The highest BCUT2D eigenvalue weighted by molar-refractivity contribution is 7.92. The Morgan fingerprint density at radius 1 is 1.14 bits per heavy atom. The summed E-state index contributed by atoms with van der Waals surface area (Å²) in [5.74, 6) is -1.00. The standard InChI is InChI=1S/C28H30BFN2O8S2/c1-6-18(30)10-7-16(2)27-26(28(33)31-3)21-14-20(17-8-9-17)23(15-24(21)40-27)32(42(5,38)39)19-11-12-22(29(34)35)25(13-19)41(4,36)37/h6-7,10-15,17,34-35H,2,8-9H2,1,3-5H3,(H,31,33)/b10-7-,18-6+. The van der Waals surface area contributed by atoms with E-state index in [0.717, 1.165) is 41.8 Å². The summed E-state index contributed by atoms with van der Waals surface area (Å²) in [4.78, 5) is 12.5. The summed E-state index contributed by atoms with van der Waals surface area (Å²) in [6.45, 7) is 5.43. The zero-order valence-electron chi connectivity index (χ0n) is 23.4. The number of carbonyl (C=O) groups is 1. The third-order valence-electron chi connectivity index (χ3n) is 6.78. The lowest BCUT2D eigenvalue weighted by atomic mass is 9.80. The lowest BCUT2D eigenvalue weighted by Crippen LogP contribution is -2.35. The van der Waals surface area contributed by atoms with Crippen LogP contribution in [0.1, 0.15) is 47.4 Å².